The lowest BCUT2D eigenvalue weighted by Gasteiger charge is -2.26. The van der Waals surface area contributed by atoms with Crippen molar-refractivity contribution in [3.05, 3.63) is 0 Å². The molecule has 2 N–H and O–H groups in total. The van der Waals surface area contributed by atoms with Crippen LogP contribution in [-0.2, 0) is 9.53 Å². The van der Waals surface area contributed by atoms with E-state index in [0.29, 0.717) is 6.54 Å². The summed E-state index contributed by atoms with van der Waals surface area (Å²) in [5, 5.41) is 11.9. The average Bonchev–Trinajstić information content (AvgIpc) is 2.24. The maximum atomic E-state index is 11.8. The Morgan fingerprint density at radius 1 is 1.28 bits per heavy atom. The number of carboxylic acid groups (broad SMARTS) is 1. The molecule has 0 saturated heterocycles. The van der Waals surface area contributed by atoms with Crippen LogP contribution in [0.3, 0.4) is 0 Å². The van der Waals surface area contributed by atoms with Crippen molar-refractivity contribution in [2.75, 3.05) is 19.8 Å². The summed E-state index contributed by atoms with van der Waals surface area (Å²) in [6, 6.07) is 0. The standard InChI is InChI=1S/C11H20F3NO3/c1-3-6-15-10(2,9(16)17)4-7-18-8-5-11(12,13)14/h15H,3-8H2,1-2H3,(H,16,17). The number of aliphatic carboxylic acids is 1. The number of alkyl halides is 3. The van der Waals surface area contributed by atoms with Crippen molar-refractivity contribution in [3.8, 4) is 0 Å². The number of nitrogens with one attached hydrogen (secondary N) is 1. The fourth-order valence-corrected chi connectivity index (χ4v) is 1.24. The normalized spacial score (nSPS) is 15.4. The van der Waals surface area contributed by atoms with Gasteiger partial charge in [-0.05, 0) is 26.3 Å². The molecule has 0 aliphatic carbocycles. The van der Waals surface area contributed by atoms with Crippen LogP contribution in [0.2, 0.25) is 0 Å². The molecule has 0 aromatic carbocycles. The van der Waals surface area contributed by atoms with Crippen LogP contribution in [0, 0.1) is 0 Å². The molecule has 0 fully saturated rings. The minimum atomic E-state index is -4.24. The van der Waals surface area contributed by atoms with E-state index in [1.54, 1.807) is 0 Å². The number of rotatable bonds is 9. The first-order valence-corrected chi connectivity index (χ1v) is 5.84. The van der Waals surface area contributed by atoms with Gasteiger partial charge in [0.25, 0.3) is 0 Å². The number of halogens is 3. The SMILES string of the molecule is CCCNC(C)(CCOCCC(F)(F)F)C(=O)O. The van der Waals surface area contributed by atoms with Crippen LogP contribution < -0.4 is 5.32 Å². The van der Waals surface area contributed by atoms with Crippen LogP contribution >= 0.6 is 0 Å². The Labute approximate surface area is 105 Å². The van der Waals surface area contributed by atoms with E-state index in [2.05, 4.69) is 5.32 Å². The van der Waals surface area contributed by atoms with Gasteiger partial charge in [0.15, 0.2) is 0 Å². The van der Waals surface area contributed by atoms with E-state index in [-0.39, 0.29) is 13.0 Å². The zero-order valence-corrected chi connectivity index (χ0v) is 10.6. The summed E-state index contributed by atoms with van der Waals surface area (Å²) < 4.78 is 40.3. The lowest BCUT2D eigenvalue weighted by Crippen LogP contribution is -2.50. The van der Waals surface area contributed by atoms with E-state index in [1.165, 1.54) is 6.92 Å². The maximum absolute atomic E-state index is 11.8. The van der Waals surface area contributed by atoms with Crippen molar-refractivity contribution in [2.45, 2.75) is 44.8 Å². The highest BCUT2D eigenvalue weighted by Crippen LogP contribution is 2.19. The van der Waals surface area contributed by atoms with Crippen molar-refractivity contribution in [3.63, 3.8) is 0 Å². The molecule has 0 aromatic heterocycles. The van der Waals surface area contributed by atoms with Gasteiger partial charge in [-0.2, -0.15) is 13.2 Å². The van der Waals surface area contributed by atoms with Crippen LogP contribution in [0.25, 0.3) is 0 Å². The molecule has 0 aromatic rings. The maximum Gasteiger partial charge on any atom is 0.391 e. The molecule has 0 saturated carbocycles. The fraction of sp³-hybridized carbons (Fsp3) is 0.909. The third-order valence-corrected chi connectivity index (χ3v) is 2.51. The molecule has 4 nitrogen and oxygen atoms in total. The molecule has 1 atom stereocenters. The second kappa shape index (κ2) is 7.58. The van der Waals surface area contributed by atoms with Gasteiger partial charge < -0.3 is 15.2 Å². The van der Waals surface area contributed by atoms with Crippen molar-refractivity contribution < 1.29 is 27.8 Å². The predicted molar refractivity (Wildman–Crippen MR) is 60.4 cm³/mol. The summed E-state index contributed by atoms with van der Waals surface area (Å²) in [6.45, 7) is 3.47. The number of carbonyl (C=O) groups is 1. The van der Waals surface area contributed by atoms with E-state index in [4.69, 9.17) is 9.84 Å². The highest BCUT2D eigenvalue weighted by atomic mass is 19.4. The lowest BCUT2D eigenvalue weighted by molar-refractivity contribution is -0.149. The van der Waals surface area contributed by atoms with Gasteiger partial charge in [0.2, 0.25) is 0 Å². The van der Waals surface area contributed by atoms with E-state index in [9.17, 15) is 18.0 Å². The summed E-state index contributed by atoms with van der Waals surface area (Å²) in [7, 11) is 0. The topological polar surface area (TPSA) is 58.6 Å². The van der Waals surface area contributed by atoms with Crippen LogP contribution in [0.15, 0.2) is 0 Å². The quantitative estimate of drug-likeness (QED) is 0.631. The molecule has 108 valence electrons. The molecule has 0 rings (SSSR count). The van der Waals surface area contributed by atoms with Crippen LogP contribution in [0.4, 0.5) is 13.2 Å². The first-order chi connectivity index (χ1) is 8.21. The highest BCUT2D eigenvalue weighted by molar-refractivity contribution is 5.78. The second-order valence-electron chi connectivity index (χ2n) is 4.29. The highest BCUT2D eigenvalue weighted by Gasteiger charge is 2.32. The Morgan fingerprint density at radius 2 is 1.83 bits per heavy atom. The van der Waals surface area contributed by atoms with E-state index in [1.807, 2.05) is 6.92 Å². The zero-order chi connectivity index (χ0) is 14.2. The summed E-state index contributed by atoms with van der Waals surface area (Å²) in [5.74, 6) is -1.03. The third-order valence-electron chi connectivity index (χ3n) is 2.51. The van der Waals surface area contributed by atoms with Crippen molar-refractivity contribution in [2.24, 2.45) is 0 Å². The smallest absolute Gasteiger partial charge is 0.391 e. The van der Waals surface area contributed by atoms with Crippen molar-refractivity contribution >= 4 is 5.97 Å². The first-order valence-electron chi connectivity index (χ1n) is 5.84. The number of carboxylic acids is 1. The molecule has 7 heteroatoms. The van der Waals surface area contributed by atoms with Crippen LogP contribution in [-0.4, -0.2) is 42.5 Å². The molecule has 0 heterocycles. The van der Waals surface area contributed by atoms with Gasteiger partial charge in [0, 0.05) is 6.61 Å². The monoisotopic (exact) mass is 271 g/mol. The summed E-state index contributed by atoms with van der Waals surface area (Å²) in [5.41, 5.74) is -1.16. The molecular formula is C11H20F3NO3. The van der Waals surface area contributed by atoms with E-state index < -0.39 is 30.7 Å². The third kappa shape index (κ3) is 7.50. The van der Waals surface area contributed by atoms with Gasteiger partial charge in [-0.15, -0.1) is 0 Å². The van der Waals surface area contributed by atoms with Gasteiger partial charge in [0.05, 0.1) is 13.0 Å². The van der Waals surface area contributed by atoms with Crippen molar-refractivity contribution in [1.82, 2.24) is 5.32 Å². The predicted octanol–water partition coefficient (Wildman–Crippen LogP) is 2.19. The Hall–Kier alpha value is -0.820. The minimum Gasteiger partial charge on any atom is -0.480 e. The Morgan fingerprint density at radius 3 is 2.28 bits per heavy atom. The minimum absolute atomic E-state index is 0.0183. The largest absolute Gasteiger partial charge is 0.480 e. The zero-order valence-electron chi connectivity index (χ0n) is 10.6. The summed E-state index contributed by atoms with van der Waals surface area (Å²) >= 11 is 0. The molecule has 0 aliphatic rings. The molecular weight excluding hydrogens is 251 g/mol. The first kappa shape index (κ1) is 17.2. The molecule has 18 heavy (non-hydrogen) atoms. The van der Waals surface area contributed by atoms with Crippen LogP contribution in [0.1, 0.15) is 33.1 Å². The molecule has 0 radical (unpaired) electrons. The summed E-state index contributed by atoms with van der Waals surface area (Å²) in [4.78, 5) is 11.1. The van der Waals surface area contributed by atoms with Crippen molar-refractivity contribution in [1.29, 1.82) is 0 Å². The van der Waals surface area contributed by atoms with Gasteiger partial charge in [-0.3, -0.25) is 4.79 Å². The Bertz CT molecular complexity index is 258. The number of hydrogen-bond donors (Lipinski definition) is 2. The second-order valence-corrected chi connectivity index (χ2v) is 4.29. The molecule has 0 spiro atoms. The molecule has 0 amide bonds. The number of hydrogen-bond acceptors (Lipinski definition) is 3. The van der Waals surface area contributed by atoms with E-state index in [0.717, 1.165) is 6.42 Å². The van der Waals surface area contributed by atoms with Gasteiger partial charge in [-0.1, -0.05) is 6.92 Å². The van der Waals surface area contributed by atoms with E-state index >= 15 is 0 Å². The van der Waals surface area contributed by atoms with Gasteiger partial charge in [-0.25, -0.2) is 0 Å². The Kier molecular flexibility index (Phi) is 7.23. The van der Waals surface area contributed by atoms with Gasteiger partial charge >= 0.3 is 12.1 Å². The Balaban J connectivity index is 3.95. The molecule has 1 unspecified atom stereocenters. The molecule has 0 bridgehead atoms. The molecule has 0 aliphatic heterocycles. The fourth-order valence-electron chi connectivity index (χ4n) is 1.24. The number of ether oxygens (including phenoxy) is 1. The average molecular weight is 271 g/mol. The lowest BCUT2D eigenvalue weighted by atomic mass is 9.98. The van der Waals surface area contributed by atoms with Gasteiger partial charge in [0.1, 0.15) is 5.54 Å². The summed E-state index contributed by atoms with van der Waals surface area (Å²) in [6.07, 6.45) is -4.35. The van der Waals surface area contributed by atoms with Crippen LogP contribution in [0.5, 0.6) is 0 Å².